The van der Waals surface area contributed by atoms with E-state index in [4.69, 9.17) is 0 Å². The molecule has 0 spiro atoms. The van der Waals surface area contributed by atoms with Crippen molar-refractivity contribution >= 4 is 5.91 Å². The molecule has 2 aromatic carbocycles. The van der Waals surface area contributed by atoms with Gasteiger partial charge in [-0.2, -0.15) is 13.2 Å². The van der Waals surface area contributed by atoms with E-state index >= 15 is 0 Å². The number of rotatable bonds is 5. The fraction of sp³-hybridized carbons (Fsp3) is 0.458. The number of hydrogen-bond donors (Lipinski definition) is 1. The summed E-state index contributed by atoms with van der Waals surface area (Å²) in [5.41, 5.74) is -0.622. The standard InChI is InChI=1S/C24H27F5N2O/c1-14-7-18(26)5-6-19(14)20-12-30-13-21(20)31(4)22(32)23(2,3)16-8-15(11-25)9-17(10-16)24(27,28)29/h5-10,20-21,30H,11-13H2,1-4H3/t20-,21+/m0/s1. The molecule has 2 aromatic rings. The van der Waals surface area contributed by atoms with Gasteiger partial charge in [0.15, 0.2) is 0 Å². The Morgan fingerprint density at radius 2 is 1.75 bits per heavy atom. The SMILES string of the molecule is Cc1cc(F)ccc1[C@@H]1CNC[C@H]1N(C)C(=O)C(C)(C)c1cc(CF)cc(C(F)(F)F)c1. The highest BCUT2D eigenvalue weighted by atomic mass is 19.4. The second-order valence-corrected chi connectivity index (χ2v) is 8.92. The van der Waals surface area contributed by atoms with Crippen LogP contribution in [-0.2, 0) is 23.1 Å². The van der Waals surface area contributed by atoms with E-state index in [2.05, 4.69) is 5.32 Å². The minimum absolute atomic E-state index is 0.0942. The third kappa shape index (κ3) is 4.65. The van der Waals surface area contributed by atoms with Gasteiger partial charge in [0.25, 0.3) is 0 Å². The van der Waals surface area contributed by atoms with Crippen LogP contribution in [0.25, 0.3) is 0 Å². The molecule has 32 heavy (non-hydrogen) atoms. The molecule has 1 aliphatic rings. The molecule has 1 heterocycles. The Morgan fingerprint density at radius 3 is 2.34 bits per heavy atom. The van der Waals surface area contributed by atoms with E-state index in [9.17, 15) is 26.7 Å². The summed E-state index contributed by atoms with van der Waals surface area (Å²) in [4.78, 5) is 15.0. The first-order valence-corrected chi connectivity index (χ1v) is 10.4. The summed E-state index contributed by atoms with van der Waals surface area (Å²) >= 11 is 0. The molecule has 0 unspecified atom stereocenters. The highest BCUT2D eigenvalue weighted by molar-refractivity contribution is 5.87. The third-order valence-electron chi connectivity index (χ3n) is 6.36. The largest absolute Gasteiger partial charge is 0.416 e. The number of carbonyl (C=O) groups is 1. The third-order valence-corrected chi connectivity index (χ3v) is 6.36. The van der Waals surface area contributed by atoms with Gasteiger partial charge < -0.3 is 10.2 Å². The van der Waals surface area contributed by atoms with Gasteiger partial charge in [-0.25, -0.2) is 8.78 Å². The summed E-state index contributed by atoms with van der Waals surface area (Å²) in [5.74, 6) is -0.809. The van der Waals surface area contributed by atoms with Crippen LogP contribution in [0.1, 0.15) is 47.6 Å². The van der Waals surface area contributed by atoms with Crippen LogP contribution in [0.4, 0.5) is 22.0 Å². The van der Waals surface area contributed by atoms with E-state index in [0.29, 0.717) is 13.1 Å². The summed E-state index contributed by atoms with van der Waals surface area (Å²) in [7, 11) is 1.62. The summed E-state index contributed by atoms with van der Waals surface area (Å²) in [6, 6.07) is 7.26. The number of hydrogen-bond acceptors (Lipinski definition) is 2. The molecule has 8 heteroatoms. The van der Waals surface area contributed by atoms with Crippen LogP contribution < -0.4 is 5.32 Å². The maximum atomic E-state index is 13.6. The molecule has 0 radical (unpaired) electrons. The summed E-state index contributed by atoms with van der Waals surface area (Å²) < 4.78 is 66.8. The zero-order valence-electron chi connectivity index (χ0n) is 18.5. The summed E-state index contributed by atoms with van der Waals surface area (Å²) in [6.07, 6.45) is -4.65. The number of nitrogens with zero attached hydrogens (tertiary/aromatic N) is 1. The van der Waals surface area contributed by atoms with Crippen molar-refractivity contribution in [3.8, 4) is 0 Å². The molecule has 0 aliphatic carbocycles. The van der Waals surface area contributed by atoms with Gasteiger partial charge in [0, 0.05) is 26.1 Å². The molecule has 0 saturated carbocycles. The zero-order chi connectivity index (χ0) is 23.8. The highest BCUT2D eigenvalue weighted by Crippen LogP contribution is 2.36. The Balaban J connectivity index is 1.93. The first-order valence-electron chi connectivity index (χ1n) is 10.4. The van der Waals surface area contributed by atoms with Crippen molar-refractivity contribution < 1.29 is 26.7 Å². The first-order chi connectivity index (χ1) is 14.9. The Labute approximate surface area is 184 Å². The monoisotopic (exact) mass is 454 g/mol. The smallest absolute Gasteiger partial charge is 0.340 e. The number of nitrogens with one attached hydrogen (secondary N) is 1. The van der Waals surface area contributed by atoms with E-state index in [0.717, 1.165) is 23.3 Å². The van der Waals surface area contributed by atoms with Gasteiger partial charge >= 0.3 is 6.18 Å². The molecular formula is C24H27F5N2O. The van der Waals surface area contributed by atoms with Gasteiger partial charge in [-0.3, -0.25) is 4.79 Å². The molecule has 1 aliphatic heterocycles. The molecule has 1 fully saturated rings. The van der Waals surface area contributed by atoms with Crippen LogP contribution in [-0.4, -0.2) is 37.0 Å². The van der Waals surface area contributed by atoms with Crippen molar-refractivity contribution in [2.45, 2.75) is 51.0 Å². The Kier molecular flexibility index (Phi) is 6.65. The van der Waals surface area contributed by atoms with Crippen molar-refractivity contribution in [1.29, 1.82) is 0 Å². The molecule has 2 atom stereocenters. The van der Waals surface area contributed by atoms with Crippen LogP contribution >= 0.6 is 0 Å². The minimum atomic E-state index is -4.65. The van der Waals surface area contributed by atoms with Crippen molar-refractivity contribution in [2.24, 2.45) is 0 Å². The van der Waals surface area contributed by atoms with E-state index in [1.165, 1.54) is 18.2 Å². The van der Waals surface area contributed by atoms with E-state index < -0.39 is 23.8 Å². The Morgan fingerprint density at radius 1 is 1.09 bits per heavy atom. The maximum Gasteiger partial charge on any atom is 0.416 e. The Bertz CT molecular complexity index is 1000. The van der Waals surface area contributed by atoms with Crippen LogP contribution in [0.3, 0.4) is 0 Å². The molecule has 3 nitrogen and oxygen atoms in total. The number of aryl methyl sites for hydroxylation is 1. The average molecular weight is 454 g/mol. The fourth-order valence-electron chi connectivity index (χ4n) is 4.45. The fourth-order valence-corrected chi connectivity index (χ4v) is 4.45. The lowest BCUT2D eigenvalue weighted by Gasteiger charge is -2.36. The van der Waals surface area contributed by atoms with Crippen LogP contribution in [0, 0.1) is 12.7 Å². The van der Waals surface area contributed by atoms with Gasteiger partial charge in [0.05, 0.1) is 17.0 Å². The predicted octanol–water partition coefficient (Wildman–Crippen LogP) is 5.11. The van der Waals surface area contributed by atoms with Crippen LogP contribution in [0.5, 0.6) is 0 Å². The van der Waals surface area contributed by atoms with Gasteiger partial charge in [-0.05, 0) is 67.3 Å². The zero-order valence-corrected chi connectivity index (χ0v) is 18.5. The van der Waals surface area contributed by atoms with Gasteiger partial charge in [0.1, 0.15) is 12.5 Å². The summed E-state index contributed by atoms with van der Waals surface area (Å²) in [6.45, 7) is 4.92. The second-order valence-electron chi connectivity index (χ2n) is 8.92. The number of amides is 1. The van der Waals surface area contributed by atoms with Crippen molar-refractivity contribution in [2.75, 3.05) is 20.1 Å². The average Bonchev–Trinajstić information content (AvgIpc) is 3.21. The summed E-state index contributed by atoms with van der Waals surface area (Å²) in [5, 5.41) is 3.25. The van der Waals surface area contributed by atoms with Crippen molar-refractivity contribution in [1.82, 2.24) is 10.2 Å². The molecule has 1 N–H and O–H groups in total. The van der Waals surface area contributed by atoms with E-state index in [-0.39, 0.29) is 34.8 Å². The Hall–Kier alpha value is -2.48. The second kappa shape index (κ2) is 8.81. The van der Waals surface area contributed by atoms with Crippen LogP contribution in [0.15, 0.2) is 36.4 Å². The number of alkyl halides is 4. The lowest BCUT2D eigenvalue weighted by molar-refractivity contribution is -0.139. The predicted molar refractivity (Wildman–Crippen MR) is 113 cm³/mol. The van der Waals surface area contributed by atoms with E-state index in [1.807, 2.05) is 0 Å². The normalized spacial score (nSPS) is 19.3. The van der Waals surface area contributed by atoms with Crippen LogP contribution in [0.2, 0.25) is 0 Å². The number of likely N-dealkylation sites (N-methyl/N-ethyl adjacent to an activating group) is 1. The molecule has 3 rings (SSSR count). The van der Waals surface area contributed by atoms with E-state index in [1.54, 1.807) is 38.8 Å². The highest BCUT2D eigenvalue weighted by Gasteiger charge is 2.41. The van der Waals surface area contributed by atoms with Gasteiger partial charge in [-0.15, -0.1) is 0 Å². The molecular weight excluding hydrogens is 427 g/mol. The number of carbonyl (C=O) groups excluding carboxylic acids is 1. The molecule has 1 amide bonds. The van der Waals surface area contributed by atoms with Crippen molar-refractivity contribution in [3.63, 3.8) is 0 Å². The topological polar surface area (TPSA) is 32.3 Å². The first kappa shape index (κ1) is 24.2. The molecule has 0 bridgehead atoms. The van der Waals surface area contributed by atoms with Gasteiger partial charge in [0.2, 0.25) is 5.91 Å². The quantitative estimate of drug-likeness (QED) is 0.637. The lowest BCUT2D eigenvalue weighted by Crippen LogP contribution is -2.49. The number of halogens is 5. The molecule has 0 aromatic heterocycles. The molecule has 174 valence electrons. The van der Waals surface area contributed by atoms with Gasteiger partial charge in [-0.1, -0.05) is 12.1 Å². The number of benzene rings is 2. The molecule has 1 saturated heterocycles. The van der Waals surface area contributed by atoms with Crippen molar-refractivity contribution in [3.05, 3.63) is 70.0 Å². The lowest BCUT2D eigenvalue weighted by atomic mass is 9.80. The maximum absolute atomic E-state index is 13.6. The minimum Gasteiger partial charge on any atom is -0.340 e.